The molecule has 0 bridgehead atoms. The lowest BCUT2D eigenvalue weighted by atomic mass is 9.86. The summed E-state index contributed by atoms with van der Waals surface area (Å²) in [6, 6.07) is 0. The number of rotatable bonds is 4. The Morgan fingerprint density at radius 2 is 1.86 bits per heavy atom. The summed E-state index contributed by atoms with van der Waals surface area (Å²) >= 11 is 0. The number of aliphatic imine (C=N–C) groups is 1. The number of nitrogens with zero attached hydrogens (tertiary/aromatic N) is 2. The maximum absolute atomic E-state index is 4.82. The van der Waals surface area contributed by atoms with E-state index >= 15 is 0 Å². The van der Waals surface area contributed by atoms with Crippen molar-refractivity contribution in [2.45, 2.75) is 65.3 Å². The van der Waals surface area contributed by atoms with Crippen molar-refractivity contribution in [1.29, 1.82) is 0 Å². The fourth-order valence-corrected chi connectivity index (χ4v) is 3.67. The van der Waals surface area contributed by atoms with Gasteiger partial charge in [-0.25, -0.2) is 0 Å². The van der Waals surface area contributed by atoms with Gasteiger partial charge >= 0.3 is 0 Å². The Morgan fingerprint density at radius 3 is 2.45 bits per heavy atom. The van der Waals surface area contributed by atoms with E-state index in [4.69, 9.17) is 4.99 Å². The summed E-state index contributed by atoms with van der Waals surface area (Å²) in [5.74, 6) is 1.12. The molecule has 1 aliphatic carbocycles. The minimum Gasteiger partial charge on any atom is -0.357 e. The highest BCUT2D eigenvalue weighted by molar-refractivity contribution is 14.0. The fourth-order valence-electron chi connectivity index (χ4n) is 3.67. The van der Waals surface area contributed by atoms with Crippen molar-refractivity contribution in [3.05, 3.63) is 0 Å². The first-order valence-corrected chi connectivity index (χ1v) is 8.72. The van der Waals surface area contributed by atoms with Gasteiger partial charge < -0.3 is 15.5 Å². The first-order chi connectivity index (χ1) is 9.94. The van der Waals surface area contributed by atoms with Crippen molar-refractivity contribution in [3.8, 4) is 0 Å². The van der Waals surface area contributed by atoms with Crippen molar-refractivity contribution in [2.24, 2.45) is 10.4 Å². The molecule has 2 rings (SSSR count). The lowest BCUT2D eigenvalue weighted by molar-refractivity contribution is 0.309. The van der Waals surface area contributed by atoms with Crippen LogP contribution in [-0.4, -0.2) is 49.1 Å². The van der Waals surface area contributed by atoms with Crippen LogP contribution in [0.1, 0.15) is 59.8 Å². The zero-order valence-electron chi connectivity index (χ0n) is 14.9. The zero-order valence-corrected chi connectivity index (χ0v) is 17.2. The molecule has 0 amide bonds. The van der Waals surface area contributed by atoms with Crippen LogP contribution in [0.5, 0.6) is 0 Å². The summed E-state index contributed by atoms with van der Waals surface area (Å²) in [5, 5.41) is 6.98. The van der Waals surface area contributed by atoms with Gasteiger partial charge in [-0.1, -0.05) is 12.8 Å². The molecular weight excluding hydrogens is 387 g/mol. The second kappa shape index (κ2) is 8.71. The minimum absolute atomic E-state index is 0. The largest absolute Gasteiger partial charge is 0.357 e. The Labute approximate surface area is 153 Å². The van der Waals surface area contributed by atoms with Crippen molar-refractivity contribution in [2.75, 3.05) is 32.7 Å². The topological polar surface area (TPSA) is 39.7 Å². The van der Waals surface area contributed by atoms with Crippen molar-refractivity contribution < 1.29 is 0 Å². The van der Waals surface area contributed by atoms with Gasteiger partial charge in [0.15, 0.2) is 5.96 Å². The lowest BCUT2D eigenvalue weighted by Gasteiger charge is -2.26. The standard InChI is InChI=1S/C17H34N4.HI/c1-5-18-15(19-11-12-20-16(2,3)4)21-13-10-17(14-21)8-6-7-9-17;/h20H,5-14H2,1-4H3,(H,18,19);1H. The Kier molecular flexibility index (Phi) is 7.92. The number of likely N-dealkylation sites (tertiary alicyclic amines) is 1. The maximum atomic E-state index is 4.82. The number of hydrogen-bond acceptors (Lipinski definition) is 2. The average Bonchev–Trinajstić information content (AvgIpc) is 3.03. The fraction of sp³-hybridized carbons (Fsp3) is 0.941. The van der Waals surface area contributed by atoms with Crippen LogP contribution in [0, 0.1) is 5.41 Å². The van der Waals surface area contributed by atoms with Crippen molar-refractivity contribution in [3.63, 3.8) is 0 Å². The van der Waals surface area contributed by atoms with Crippen LogP contribution in [-0.2, 0) is 0 Å². The highest BCUT2D eigenvalue weighted by Crippen LogP contribution is 2.45. The summed E-state index contributed by atoms with van der Waals surface area (Å²) < 4.78 is 0. The van der Waals surface area contributed by atoms with Crippen molar-refractivity contribution >= 4 is 29.9 Å². The molecule has 1 saturated heterocycles. The van der Waals surface area contributed by atoms with Gasteiger partial charge in [0.05, 0.1) is 6.54 Å². The number of nitrogens with one attached hydrogen (secondary N) is 2. The van der Waals surface area contributed by atoms with Gasteiger partial charge in [0.25, 0.3) is 0 Å². The molecule has 0 unspecified atom stereocenters. The summed E-state index contributed by atoms with van der Waals surface area (Å²) in [7, 11) is 0. The van der Waals surface area contributed by atoms with E-state index in [9.17, 15) is 0 Å². The molecule has 1 spiro atoms. The highest BCUT2D eigenvalue weighted by Gasteiger charge is 2.41. The third-order valence-electron chi connectivity index (χ3n) is 4.77. The molecular formula is C17H35IN4. The molecule has 0 aromatic rings. The van der Waals surface area contributed by atoms with Gasteiger partial charge in [0.2, 0.25) is 0 Å². The van der Waals surface area contributed by atoms with E-state index in [1.807, 2.05) is 0 Å². The molecule has 2 fully saturated rings. The second-order valence-corrected chi connectivity index (χ2v) is 7.79. The predicted octanol–water partition coefficient (Wildman–Crippen LogP) is 3.22. The lowest BCUT2D eigenvalue weighted by Crippen LogP contribution is -2.42. The SMILES string of the molecule is CCNC(=NCCNC(C)(C)C)N1CCC2(CCCC2)C1.I. The molecule has 5 heteroatoms. The summed E-state index contributed by atoms with van der Waals surface area (Å²) in [6.07, 6.45) is 7.06. The molecule has 0 aromatic heterocycles. The van der Waals surface area contributed by atoms with E-state index in [0.29, 0.717) is 5.41 Å². The second-order valence-electron chi connectivity index (χ2n) is 7.79. The molecule has 22 heavy (non-hydrogen) atoms. The first kappa shape index (κ1) is 20.0. The minimum atomic E-state index is 0. The van der Waals surface area contributed by atoms with Gasteiger partial charge in [0, 0.05) is 31.7 Å². The average molecular weight is 422 g/mol. The monoisotopic (exact) mass is 422 g/mol. The van der Waals surface area contributed by atoms with E-state index < -0.39 is 0 Å². The molecule has 1 heterocycles. The highest BCUT2D eigenvalue weighted by atomic mass is 127. The van der Waals surface area contributed by atoms with Crippen molar-refractivity contribution in [1.82, 2.24) is 15.5 Å². The normalized spacial score (nSPS) is 21.3. The Hall–Kier alpha value is -0.0400. The molecule has 2 N–H and O–H groups in total. The number of guanidine groups is 1. The Bertz CT molecular complexity index is 356. The molecule has 1 aliphatic heterocycles. The smallest absolute Gasteiger partial charge is 0.193 e. The molecule has 2 aliphatic rings. The molecule has 0 radical (unpaired) electrons. The predicted molar refractivity (Wildman–Crippen MR) is 106 cm³/mol. The first-order valence-electron chi connectivity index (χ1n) is 8.72. The Balaban J connectivity index is 0.00000242. The summed E-state index contributed by atoms with van der Waals surface area (Å²) in [4.78, 5) is 7.31. The van der Waals surface area contributed by atoms with Crippen LogP contribution in [0.25, 0.3) is 0 Å². The van der Waals surface area contributed by atoms with E-state index in [1.165, 1.54) is 45.2 Å². The molecule has 0 aromatic carbocycles. The molecule has 1 saturated carbocycles. The summed E-state index contributed by atoms with van der Waals surface area (Å²) in [6.45, 7) is 13.9. The van der Waals surface area contributed by atoms with Gasteiger partial charge in [-0.05, 0) is 52.4 Å². The van der Waals surface area contributed by atoms with Crippen LogP contribution < -0.4 is 10.6 Å². The third-order valence-corrected chi connectivity index (χ3v) is 4.77. The van der Waals surface area contributed by atoms with Gasteiger partial charge in [0.1, 0.15) is 0 Å². The summed E-state index contributed by atoms with van der Waals surface area (Å²) in [5.41, 5.74) is 0.787. The van der Waals surface area contributed by atoms with E-state index in [1.54, 1.807) is 0 Å². The van der Waals surface area contributed by atoms with Gasteiger partial charge in [-0.3, -0.25) is 4.99 Å². The number of halogens is 1. The van der Waals surface area contributed by atoms with Crippen LogP contribution in [0.2, 0.25) is 0 Å². The van der Waals surface area contributed by atoms with E-state index in [2.05, 4.69) is 43.2 Å². The molecule has 0 atom stereocenters. The van der Waals surface area contributed by atoms with Crippen LogP contribution >= 0.6 is 24.0 Å². The maximum Gasteiger partial charge on any atom is 0.193 e. The number of hydrogen-bond donors (Lipinski definition) is 2. The van der Waals surface area contributed by atoms with Crippen LogP contribution in [0.4, 0.5) is 0 Å². The molecule has 130 valence electrons. The third kappa shape index (κ3) is 5.87. The quantitative estimate of drug-likeness (QED) is 0.316. The van der Waals surface area contributed by atoms with Crippen LogP contribution in [0.15, 0.2) is 4.99 Å². The van der Waals surface area contributed by atoms with Gasteiger partial charge in [-0.2, -0.15) is 0 Å². The van der Waals surface area contributed by atoms with Crippen LogP contribution in [0.3, 0.4) is 0 Å². The zero-order chi connectivity index (χ0) is 15.3. The molecule has 4 nitrogen and oxygen atoms in total. The van der Waals surface area contributed by atoms with E-state index in [-0.39, 0.29) is 29.5 Å². The van der Waals surface area contributed by atoms with E-state index in [0.717, 1.165) is 25.6 Å². The Morgan fingerprint density at radius 1 is 1.18 bits per heavy atom. The van der Waals surface area contributed by atoms with Gasteiger partial charge in [-0.15, -0.1) is 24.0 Å².